The molecular weight excluding hydrogens is 246 g/mol. The maximum atomic E-state index is 12.2. The SMILES string of the molecule is O=C1CCC(O)c2nc(C(O)O)c1c1ccccc21. The van der Waals surface area contributed by atoms with Crippen LogP contribution in [-0.2, 0) is 0 Å². The Hall–Kier alpha value is -1.82. The lowest BCUT2D eigenvalue weighted by atomic mass is 9.90. The molecule has 1 aliphatic heterocycles. The molecular formula is C14H13NO4. The minimum Gasteiger partial charge on any atom is -0.387 e. The molecule has 4 rings (SSSR count). The number of carbonyl (C=O) groups is 1. The van der Waals surface area contributed by atoms with E-state index in [0.717, 1.165) is 0 Å². The number of nitrogens with zero attached hydrogens (tertiary/aromatic N) is 1. The third kappa shape index (κ3) is 1.83. The van der Waals surface area contributed by atoms with Crippen LogP contribution in [0.3, 0.4) is 0 Å². The lowest BCUT2D eigenvalue weighted by Gasteiger charge is -2.22. The van der Waals surface area contributed by atoms with E-state index in [-0.39, 0.29) is 23.5 Å². The molecule has 19 heavy (non-hydrogen) atoms. The van der Waals surface area contributed by atoms with Crippen molar-refractivity contribution >= 4 is 16.6 Å². The zero-order valence-electron chi connectivity index (χ0n) is 10.1. The minimum atomic E-state index is -1.83. The largest absolute Gasteiger partial charge is 0.387 e. The van der Waals surface area contributed by atoms with E-state index < -0.39 is 12.4 Å². The number of pyridine rings is 1. The van der Waals surface area contributed by atoms with Crippen molar-refractivity contribution in [3.63, 3.8) is 0 Å². The molecule has 98 valence electrons. The Kier molecular flexibility index (Phi) is 2.82. The molecule has 1 aliphatic carbocycles. The van der Waals surface area contributed by atoms with Crippen LogP contribution in [-0.4, -0.2) is 26.1 Å². The summed E-state index contributed by atoms with van der Waals surface area (Å²) in [6.45, 7) is 0. The van der Waals surface area contributed by atoms with Gasteiger partial charge >= 0.3 is 0 Å². The Morgan fingerprint density at radius 1 is 1.21 bits per heavy atom. The number of Topliss-reactive ketones (excluding diaryl/α,β-unsaturated/α-hetero) is 1. The van der Waals surface area contributed by atoms with Gasteiger partial charge in [-0.15, -0.1) is 0 Å². The van der Waals surface area contributed by atoms with E-state index in [1.165, 1.54) is 0 Å². The van der Waals surface area contributed by atoms with Gasteiger partial charge in [-0.3, -0.25) is 4.79 Å². The highest BCUT2D eigenvalue weighted by Crippen LogP contribution is 2.35. The normalized spacial score (nSPS) is 18.9. The van der Waals surface area contributed by atoms with Crippen molar-refractivity contribution < 1.29 is 20.1 Å². The molecule has 0 amide bonds. The van der Waals surface area contributed by atoms with Crippen molar-refractivity contribution in [3.05, 3.63) is 41.2 Å². The molecule has 3 N–H and O–H groups in total. The number of rotatable bonds is 1. The number of hydrogen-bond donors (Lipinski definition) is 3. The summed E-state index contributed by atoms with van der Waals surface area (Å²) in [7, 11) is 0. The lowest BCUT2D eigenvalue weighted by molar-refractivity contribution is -0.0466. The van der Waals surface area contributed by atoms with Crippen molar-refractivity contribution in [1.82, 2.24) is 4.98 Å². The summed E-state index contributed by atoms with van der Waals surface area (Å²) in [5.41, 5.74) is 0.577. The monoisotopic (exact) mass is 259 g/mol. The summed E-state index contributed by atoms with van der Waals surface area (Å²) < 4.78 is 0. The fraction of sp³-hybridized carbons (Fsp3) is 0.286. The third-order valence-corrected chi connectivity index (χ3v) is 3.45. The average Bonchev–Trinajstić information content (AvgIpc) is 2.40. The van der Waals surface area contributed by atoms with Gasteiger partial charge in [0.1, 0.15) is 5.69 Å². The van der Waals surface area contributed by atoms with Crippen LogP contribution in [0.4, 0.5) is 0 Å². The zero-order valence-corrected chi connectivity index (χ0v) is 10.1. The van der Waals surface area contributed by atoms with Gasteiger partial charge in [0.15, 0.2) is 12.1 Å². The highest BCUT2D eigenvalue weighted by atomic mass is 16.5. The van der Waals surface area contributed by atoms with Crippen LogP contribution in [0.2, 0.25) is 0 Å². The van der Waals surface area contributed by atoms with Gasteiger partial charge in [-0.2, -0.15) is 0 Å². The Morgan fingerprint density at radius 3 is 2.58 bits per heavy atom. The van der Waals surface area contributed by atoms with Crippen LogP contribution in [0.5, 0.6) is 0 Å². The van der Waals surface area contributed by atoms with Crippen molar-refractivity contribution in [1.29, 1.82) is 0 Å². The maximum absolute atomic E-state index is 12.2. The Balaban J connectivity index is 2.48. The molecule has 0 saturated carbocycles. The topological polar surface area (TPSA) is 90.7 Å². The molecule has 2 aliphatic rings. The van der Waals surface area contributed by atoms with E-state index in [1.54, 1.807) is 24.3 Å². The number of aliphatic hydroxyl groups excluding tert-OH is 2. The fourth-order valence-corrected chi connectivity index (χ4v) is 2.57. The van der Waals surface area contributed by atoms with E-state index in [1.807, 2.05) is 0 Å². The third-order valence-electron chi connectivity index (χ3n) is 3.45. The summed E-state index contributed by atoms with van der Waals surface area (Å²) >= 11 is 0. The first-order chi connectivity index (χ1) is 9.09. The molecule has 0 radical (unpaired) electrons. The molecule has 0 fully saturated rings. The van der Waals surface area contributed by atoms with Gasteiger partial charge in [0.05, 0.1) is 17.4 Å². The standard InChI is InChI=1S/C14H13NO4/c16-9-5-6-10(17)12-8-4-2-1-3-7(8)11(9)13(15-12)14(18)19/h1-4,10,14,17-19H,5-6H2. The second kappa shape index (κ2) is 4.38. The number of aliphatic hydroxyl groups is 3. The molecule has 2 aromatic rings. The van der Waals surface area contributed by atoms with Gasteiger partial charge in [-0.05, 0) is 11.8 Å². The summed E-state index contributed by atoms with van der Waals surface area (Å²) in [6.07, 6.45) is -2.24. The maximum Gasteiger partial charge on any atom is 0.196 e. The number of carbonyl (C=O) groups excluding carboxylic acids is 1. The predicted octanol–water partition coefficient (Wildman–Crippen LogP) is 1.23. The van der Waals surface area contributed by atoms with Crippen LogP contribution in [0.1, 0.15) is 47.0 Å². The molecule has 1 unspecified atom stereocenters. The molecule has 1 aromatic carbocycles. The van der Waals surface area contributed by atoms with Gasteiger partial charge in [0.25, 0.3) is 0 Å². The van der Waals surface area contributed by atoms with Gasteiger partial charge in [0.2, 0.25) is 0 Å². The average molecular weight is 259 g/mol. The zero-order chi connectivity index (χ0) is 13.6. The fourth-order valence-electron chi connectivity index (χ4n) is 2.57. The Bertz CT molecular complexity index is 666. The highest BCUT2D eigenvalue weighted by molar-refractivity contribution is 6.10. The Morgan fingerprint density at radius 2 is 1.89 bits per heavy atom. The molecule has 1 aromatic heterocycles. The van der Waals surface area contributed by atoms with Crippen LogP contribution in [0, 0.1) is 0 Å². The molecule has 5 nitrogen and oxygen atoms in total. The quantitative estimate of drug-likeness (QED) is 0.670. The van der Waals surface area contributed by atoms with Crippen molar-refractivity contribution in [3.8, 4) is 0 Å². The number of hydrogen-bond acceptors (Lipinski definition) is 5. The molecule has 0 spiro atoms. The summed E-state index contributed by atoms with van der Waals surface area (Å²) in [4.78, 5) is 16.3. The molecule has 5 heteroatoms. The van der Waals surface area contributed by atoms with Gasteiger partial charge in [-0.1, -0.05) is 24.3 Å². The number of ketones is 1. The van der Waals surface area contributed by atoms with Crippen LogP contribution >= 0.6 is 0 Å². The number of fused-ring (bicyclic) bond motifs is 4. The van der Waals surface area contributed by atoms with Gasteiger partial charge < -0.3 is 15.3 Å². The molecule has 2 heterocycles. The summed E-state index contributed by atoms with van der Waals surface area (Å²) in [6, 6.07) is 7.07. The minimum absolute atomic E-state index is 0.0718. The van der Waals surface area contributed by atoms with E-state index in [2.05, 4.69) is 4.98 Å². The number of aromatic nitrogens is 1. The van der Waals surface area contributed by atoms with E-state index in [9.17, 15) is 20.1 Å². The smallest absolute Gasteiger partial charge is 0.196 e. The van der Waals surface area contributed by atoms with Crippen molar-refractivity contribution in [2.24, 2.45) is 0 Å². The van der Waals surface area contributed by atoms with Gasteiger partial charge in [0, 0.05) is 11.8 Å². The van der Waals surface area contributed by atoms with Crippen LogP contribution in [0.25, 0.3) is 10.8 Å². The highest BCUT2D eigenvalue weighted by Gasteiger charge is 2.28. The van der Waals surface area contributed by atoms with Crippen LogP contribution in [0.15, 0.2) is 24.3 Å². The molecule has 2 bridgehead atoms. The second-order valence-electron chi connectivity index (χ2n) is 4.65. The van der Waals surface area contributed by atoms with E-state index in [4.69, 9.17) is 0 Å². The lowest BCUT2D eigenvalue weighted by Crippen LogP contribution is -2.18. The predicted molar refractivity (Wildman–Crippen MR) is 67.4 cm³/mol. The molecule has 0 saturated heterocycles. The summed E-state index contributed by atoms with van der Waals surface area (Å²) in [5, 5.41) is 30.2. The first kappa shape index (κ1) is 12.2. The van der Waals surface area contributed by atoms with Gasteiger partial charge in [-0.25, -0.2) is 4.98 Å². The van der Waals surface area contributed by atoms with Crippen molar-refractivity contribution in [2.45, 2.75) is 25.2 Å². The first-order valence-electron chi connectivity index (χ1n) is 6.09. The second-order valence-corrected chi connectivity index (χ2v) is 4.65. The van der Waals surface area contributed by atoms with E-state index >= 15 is 0 Å². The first-order valence-corrected chi connectivity index (χ1v) is 6.09. The Labute approximate surface area is 109 Å². The van der Waals surface area contributed by atoms with Crippen LogP contribution < -0.4 is 0 Å². The van der Waals surface area contributed by atoms with Crippen molar-refractivity contribution in [2.75, 3.05) is 0 Å². The number of benzene rings is 1. The van der Waals surface area contributed by atoms with E-state index in [0.29, 0.717) is 22.9 Å². The molecule has 1 atom stereocenters. The summed E-state index contributed by atoms with van der Waals surface area (Å²) in [5.74, 6) is -0.225.